The van der Waals surface area contributed by atoms with Crippen molar-refractivity contribution in [3.05, 3.63) is 59.5 Å². The molecule has 1 N–H and O–H groups in total. The third-order valence-corrected chi connectivity index (χ3v) is 3.83. The summed E-state index contributed by atoms with van der Waals surface area (Å²) in [5.74, 6) is 1.73. The second kappa shape index (κ2) is 10.7. The average Bonchev–Trinajstić information content (AvgIpc) is 3.03. The highest BCUT2D eigenvalue weighted by Gasteiger charge is 2.16. The first-order chi connectivity index (χ1) is 12.2. The summed E-state index contributed by atoms with van der Waals surface area (Å²) in [6.07, 6.45) is 0.900. The highest BCUT2D eigenvalue weighted by Crippen LogP contribution is 2.13. The highest BCUT2D eigenvalue weighted by molar-refractivity contribution is 5.78. The smallest absolute Gasteiger partial charge is 0.237 e. The largest absolute Gasteiger partial charge is 0.464 e. The summed E-state index contributed by atoms with van der Waals surface area (Å²) in [6.45, 7) is 7.47. The number of ether oxygens (including phenoxy) is 1. The highest BCUT2D eigenvalue weighted by atomic mass is 16.5. The number of hydrogen-bond donors (Lipinski definition) is 1. The van der Waals surface area contributed by atoms with Gasteiger partial charge < -0.3 is 19.4 Å². The number of amides is 1. The zero-order valence-electron chi connectivity index (χ0n) is 15.2. The number of nitrogens with one attached hydrogen (secondary N) is 1. The minimum Gasteiger partial charge on any atom is -0.464 e. The van der Waals surface area contributed by atoms with E-state index in [0.717, 1.165) is 43.3 Å². The summed E-state index contributed by atoms with van der Waals surface area (Å²) in [7, 11) is 0. The number of aryl methyl sites for hydroxylation is 1. The molecule has 0 bridgehead atoms. The number of carbonyl (C=O) groups is 1. The monoisotopic (exact) mass is 344 g/mol. The Hall–Kier alpha value is -2.11. The molecule has 5 nitrogen and oxygen atoms in total. The van der Waals surface area contributed by atoms with Crippen LogP contribution in [0, 0.1) is 6.92 Å². The fourth-order valence-corrected chi connectivity index (χ4v) is 2.54. The van der Waals surface area contributed by atoms with Crippen LogP contribution in [0.25, 0.3) is 0 Å². The number of nitrogens with zero attached hydrogens (tertiary/aromatic N) is 1. The van der Waals surface area contributed by atoms with E-state index in [2.05, 4.69) is 5.32 Å². The Morgan fingerprint density at radius 3 is 2.64 bits per heavy atom. The number of hydrogen-bond acceptors (Lipinski definition) is 4. The predicted molar refractivity (Wildman–Crippen MR) is 98.1 cm³/mol. The Kier molecular flexibility index (Phi) is 8.22. The van der Waals surface area contributed by atoms with Gasteiger partial charge in [0.05, 0.1) is 13.1 Å². The SMILES string of the molecule is CCOCCCNCC(=O)N(Cc1ccccc1)Cc1ccc(C)o1. The second-order valence-electron chi connectivity index (χ2n) is 5.98. The van der Waals surface area contributed by atoms with Crippen LogP contribution in [-0.4, -0.2) is 37.1 Å². The van der Waals surface area contributed by atoms with Gasteiger partial charge in [-0.05, 0) is 44.5 Å². The van der Waals surface area contributed by atoms with E-state index < -0.39 is 0 Å². The average molecular weight is 344 g/mol. The van der Waals surface area contributed by atoms with Gasteiger partial charge in [0.15, 0.2) is 0 Å². The molecule has 2 rings (SSSR count). The number of carbonyl (C=O) groups excluding carboxylic acids is 1. The molecule has 0 fully saturated rings. The van der Waals surface area contributed by atoms with Gasteiger partial charge in [-0.2, -0.15) is 0 Å². The van der Waals surface area contributed by atoms with Crippen molar-refractivity contribution in [1.29, 1.82) is 0 Å². The van der Waals surface area contributed by atoms with E-state index in [-0.39, 0.29) is 5.91 Å². The molecule has 136 valence electrons. The van der Waals surface area contributed by atoms with E-state index in [1.54, 1.807) is 0 Å². The summed E-state index contributed by atoms with van der Waals surface area (Å²) < 4.78 is 10.9. The molecule has 1 amide bonds. The van der Waals surface area contributed by atoms with Crippen LogP contribution in [-0.2, 0) is 22.6 Å². The Balaban J connectivity index is 1.89. The second-order valence-corrected chi connectivity index (χ2v) is 5.98. The Bertz CT molecular complexity index is 625. The van der Waals surface area contributed by atoms with Crippen molar-refractivity contribution in [1.82, 2.24) is 10.2 Å². The Labute approximate surface area is 150 Å². The molecule has 0 spiro atoms. The molecule has 0 aliphatic rings. The van der Waals surface area contributed by atoms with Crippen molar-refractivity contribution in [3.8, 4) is 0 Å². The van der Waals surface area contributed by atoms with Crippen molar-refractivity contribution in [2.24, 2.45) is 0 Å². The first-order valence-corrected chi connectivity index (χ1v) is 8.84. The Morgan fingerprint density at radius 2 is 1.96 bits per heavy atom. The Morgan fingerprint density at radius 1 is 1.16 bits per heavy atom. The van der Waals surface area contributed by atoms with E-state index >= 15 is 0 Å². The molecule has 2 aromatic rings. The van der Waals surface area contributed by atoms with Gasteiger partial charge in [-0.1, -0.05) is 30.3 Å². The quantitative estimate of drug-likeness (QED) is 0.636. The van der Waals surface area contributed by atoms with Gasteiger partial charge in [0.25, 0.3) is 0 Å². The molecule has 0 saturated carbocycles. The lowest BCUT2D eigenvalue weighted by Gasteiger charge is -2.22. The van der Waals surface area contributed by atoms with Crippen molar-refractivity contribution in [2.75, 3.05) is 26.3 Å². The van der Waals surface area contributed by atoms with Crippen LogP contribution in [0.2, 0.25) is 0 Å². The molecular formula is C20H28N2O3. The maximum atomic E-state index is 12.6. The maximum absolute atomic E-state index is 12.6. The van der Waals surface area contributed by atoms with Gasteiger partial charge >= 0.3 is 0 Å². The molecule has 0 atom stereocenters. The van der Waals surface area contributed by atoms with Crippen LogP contribution >= 0.6 is 0 Å². The molecule has 0 aliphatic carbocycles. The third kappa shape index (κ3) is 7.11. The molecular weight excluding hydrogens is 316 g/mol. The zero-order valence-corrected chi connectivity index (χ0v) is 15.2. The number of benzene rings is 1. The first-order valence-electron chi connectivity index (χ1n) is 8.84. The van der Waals surface area contributed by atoms with E-state index in [1.165, 1.54) is 0 Å². The molecule has 0 radical (unpaired) electrons. The number of furan rings is 1. The van der Waals surface area contributed by atoms with Crippen LogP contribution < -0.4 is 5.32 Å². The van der Waals surface area contributed by atoms with Gasteiger partial charge in [0.1, 0.15) is 11.5 Å². The minimum absolute atomic E-state index is 0.0642. The molecule has 1 aromatic heterocycles. The summed E-state index contributed by atoms with van der Waals surface area (Å²) in [5.41, 5.74) is 1.11. The lowest BCUT2D eigenvalue weighted by Crippen LogP contribution is -2.37. The van der Waals surface area contributed by atoms with Crippen molar-refractivity contribution >= 4 is 5.91 Å². The zero-order chi connectivity index (χ0) is 17.9. The van der Waals surface area contributed by atoms with E-state index in [4.69, 9.17) is 9.15 Å². The van der Waals surface area contributed by atoms with Crippen molar-refractivity contribution in [2.45, 2.75) is 33.4 Å². The lowest BCUT2D eigenvalue weighted by atomic mass is 10.2. The summed E-state index contributed by atoms with van der Waals surface area (Å²) in [4.78, 5) is 14.5. The molecule has 1 heterocycles. The van der Waals surface area contributed by atoms with Crippen molar-refractivity contribution in [3.63, 3.8) is 0 Å². The van der Waals surface area contributed by atoms with Gasteiger partial charge in [-0.25, -0.2) is 0 Å². The van der Waals surface area contributed by atoms with Gasteiger partial charge in [-0.3, -0.25) is 4.79 Å². The summed E-state index contributed by atoms with van der Waals surface area (Å²) in [5, 5.41) is 3.20. The van der Waals surface area contributed by atoms with Crippen molar-refractivity contribution < 1.29 is 13.9 Å². The number of rotatable bonds is 11. The van der Waals surface area contributed by atoms with Gasteiger partial charge in [-0.15, -0.1) is 0 Å². The van der Waals surface area contributed by atoms with Crippen LogP contribution in [0.4, 0.5) is 0 Å². The predicted octanol–water partition coefficient (Wildman–Crippen LogP) is 3.13. The maximum Gasteiger partial charge on any atom is 0.237 e. The minimum atomic E-state index is 0.0642. The third-order valence-electron chi connectivity index (χ3n) is 3.83. The molecule has 25 heavy (non-hydrogen) atoms. The van der Waals surface area contributed by atoms with E-state index in [0.29, 0.717) is 19.6 Å². The van der Waals surface area contributed by atoms with Gasteiger partial charge in [0, 0.05) is 19.8 Å². The van der Waals surface area contributed by atoms with Gasteiger partial charge in [0.2, 0.25) is 5.91 Å². The molecule has 1 aromatic carbocycles. The molecule has 5 heteroatoms. The first kappa shape index (κ1) is 19.2. The van der Waals surface area contributed by atoms with Crippen LogP contribution in [0.5, 0.6) is 0 Å². The van der Waals surface area contributed by atoms with E-state index in [1.807, 2.05) is 61.2 Å². The fourth-order valence-electron chi connectivity index (χ4n) is 2.54. The molecule has 0 aliphatic heterocycles. The molecule has 0 saturated heterocycles. The normalized spacial score (nSPS) is 10.8. The van der Waals surface area contributed by atoms with Crippen LogP contribution in [0.1, 0.15) is 30.4 Å². The molecule has 0 unspecified atom stereocenters. The fraction of sp³-hybridized carbons (Fsp3) is 0.450. The van der Waals surface area contributed by atoms with E-state index in [9.17, 15) is 4.79 Å². The topological polar surface area (TPSA) is 54.7 Å². The summed E-state index contributed by atoms with van der Waals surface area (Å²) >= 11 is 0. The summed E-state index contributed by atoms with van der Waals surface area (Å²) in [6, 6.07) is 13.9. The van der Waals surface area contributed by atoms with Crippen LogP contribution in [0.3, 0.4) is 0 Å². The van der Waals surface area contributed by atoms with Crippen LogP contribution in [0.15, 0.2) is 46.9 Å². The standard InChI is InChI=1S/C20H28N2O3/c1-3-24-13-7-12-21-14-20(23)22(15-18-8-5-4-6-9-18)16-19-11-10-17(2)25-19/h4-6,8-11,21H,3,7,12-16H2,1-2H3. The lowest BCUT2D eigenvalue weighted by molar-refractivity contribution is -0.131.